The molecule has 4 heteroatoms. The summed E-state index contributed by atoms with van der Waals surface area (Å²) in [5.41, 5.74) is 0. The molecule has 1 rings (SSSR count). The zero-order valence-corrected chi connectivity index (χ0v) is 9.45. The second kappa shape index (κ2) is 5.66. The maximum absolute atomic E-state index is 5.51. The van der Waals surface area contributed by atoms with Crippen molar-refractivity contribution in [1.29, 1.82) is 0 Å². The molecule has 4 nitrogen and oxygen atoms in total. The van der Waals surface area contributed by atoms with Crippen LogP contribution in [0, 0.1) is 0 Å². The largest absolute Gasteiger partial charge is 0.380 e. The van der Waals surface area contributed by atoms with Crippen LogP contribution in [0.25, 0.3) is 0 Å². The lowest BCUT2D eigenvalue weighted by molar-refractivity contribution is -0.186. The van der Waals surface area contributed by atoms with Gasteiger partial charge in [0, 0.05) is 26.7 Å². The van der Waals surface area contributed by atoms with Gasteiger partial charge >= 0.3 is 0 Å². The van der Waals surface area contributed by atoms with E-state index in [1.54, 1.807) is 14.2 Å². The summed E-state index contributed by atoms with van der Waals surface area (Å²) in [6.45, 7) is 4.89. The molecule has 3 atom stereocenters. The van der Waals surface area contributed by atoms with E-state index < -0.39 is 0 Å². The van der Waals surface area contributed by atoms with Gasteiger partial charge in [0.1, 0.15) is 0 Å². The van der Waals surface area contributed by atoms with Gasteiger partial charge in [-0.3, -0.25) is 0 Å². The molecule has 84 valence electrons. The zero-order chi connectivity index (χ0) is 10.6. The Bertz CT molecular complexity index is 163. The third-order valence-corrected chi connectivity index (χ3v) is 2.45. The lowest BCUT2D eigenvalue weighted by Gasteiger charge is -2.36. The Morgan fingerprint density at radius 2 is 2.00 bits per heavy atom. The molecule has 0 aromatic carbocycles. The highest BCUT2D eigenvalue weighted by atomic mass is 16.7. The number of methoxy groups -OCH3 is 2. The fraction of sp³-hybridized carbons (Fsp3) is 1.00. The van der Waals surface area contributed by atoms with Crippen LogP contribution in [0.3, 0.4) is 0 Å². The summed E-state index contributed by atoms with van der Waals surface area (Å²) < 4.78 is 16.1. The van der Waals surface area contributed by atoms with Gasteiger partial charge in [-0.1, -0.05) is 13.8 Å². The number of hydrogen-bond donors (Lipinski definition) is 1. The van der Waals surface area contributed by atoms with E-state index in [1.165, 1.54) is 0 Å². The van der Waals surface area contributed by atoms with Crippen molar-refractivity contribution >= 4 is 0 Å². The minimum Gasteiger partial charge on any atom is -0.380 e. The molecule has 1 fully saturated rings. The summed E-state index contributed by atoms with van der Waals surface area (Å²) in [7, 11) is 3.39. The average Bonchev–Trinajstić information content (AvgIpc) is 2.17. The first-order chi connectivity index (χ1) is 6.67. The van der Waals surface area contributed by atoms with Crippen LogP contribution in [0.1, 0.15) is 20.3 Å². The Labute approximate surface area is 85.9 Å². The summed E-state index contributed by atoms with van der Waals surface area (Å²) in [5.74, 6) is 0. The third kappa shape index (κ3) is 3.20. The normalized spacial score (nSPS) is 33.6. The van der Waals surface area contributed by atoms with Gasteiger partial charge in [-0.15, -0.1) is 0 Å². The fourth-order valence-electron chi connectivity index (χ4n) is 1.75. The van der Waals surface area contributed by atoms with Crippen molar-refractivity contribution in [1.82, 2.24) is 5.32 Å². The van der Waals surface area contributed by atoms with Gasteiger partial charge in [-0.25, -0.2) is 0 Å². The van der Waals surface area contributed by atoms with E-state index in [4.69, 9.17) is 14.2 Å². The molecule has 1 saturated heterocycles. The smallest absolute Gasteiger partial charge is 0.159 e. The van der Waals surface area contributed by atoms with Crippen LogP contribution in [-0.2, 0) is 14.2 Å². The lowest BCUT2D eigenvalue weighted by Crippen LogP contribution is -2.52. The first-order valence-electron chi connectivity index (χ1n) is 5.10. The summed E-state index contributed by atoms with van der Waals surface area (Å²) in [6, 6.07) is 0.715. The third-order valence-electron chi connectivity index (χ3n) is 2.45. The maximum atomic E-state index is 5.51. The molecule has 0 spiro atoms. The van der Waals surface area contributed by atoms with Gasteiger partial charge in [-0.05, 0) is 0 Å². The average molecular weight is 203 g/mol. The first kappa shape index (κ1) is 11.9. The molecule has 14 heavy (non-hydrogen) atoms. The minimum absolute atomic E-state index is 0.120. The summed E-state index contributed by atoms with van der Waals surface area (Å²) >= 11 is 0. The van der Waals surface area contributed by atoms with E-state index in [1.807, 2.05) is 0 Å². The van der Waals surface area contributed by atoms with Crippen molar-refractivity contribution in [2.45, 2.75) is 44.7 Å². The van der Waals surface area contributed by atoms with Crippen molar-refractivity contribution in [2.75, 3.05) is 20.8 Å². The van der Waals surface area contributed by atoms with E-state index in [9.17, 15) is 0 Å². The van der Waals surface area contributed by atoms with Crippen LogP contribution in [0.4, 0.5) is 0 Å². The quantitative estimate of drug-likeness (QED) is 0.732. The molecule has 1 N–H and O–H groups in total. The monoisotopic (exact) mass is 203 g/mol. The van der Waals surface area contributed by atoms with E-state index in [-0.39, 0.29) is 18.4 Å². The molecule has 0 aliphatic carbocycles. The Hall–Kier alpha value is -0.160. The molecule has 0 aromatic rings. The first-order valence-corrected chi connectivity index (χ1v) is 5.10. The van der Waals surface area contributed by atoms with Crippen LogP contribution in [0.15, 0.2) is 0 Å². The number of nitrogens with one attached hydrogen (secondary N) is 1. The van der Waals surface area contributed by atoms with E-state index >= 15 is 0 Å². The lowest BCUT2D eigenvalue weighted by atomic mass is 10.0. The van der Waals surface area contributed by atoms with Crippen molar-refractivity contribution in [3.05, 3.63) is 0 Å². The highest BCUT2D eigenvalue weighted by Gasteiger charge is 2.31. The second-order valence-corrected chi connectivity index (χ2v) is 3.94. The van der Waals surface area contributed by atoms with Crippen LogP contribution in [-0.4, -0.2) is 45.3 Å². The minimum atomic E-state index is -0.120. The van der Waals surface area contributed by atoms with Gasteiger partial charge in [0.25, 0.3) is 0 Å². The van der Waals surface area contributed by atoms with Crippen molar-refractivity contribution in [3.8, 4) is 0 Å². The maximum Gasteiger partial charge on any atom is 0.159 e. The Balaban J connectivity index is 2.43. The molecule has 0 saturated carbocycles. The molecule has 1 aliphatic heterocycles. The van der Waals surface area contributed by atoms with Crippen molar-refractivity contribution in [2.24, 2.45) is 0 Å². The highest BCUT2D eigenvalue weighted by Crippen LogP contribution is 2.17. The fourth-order valence-corrected chi connectivity index (χ4v) is 1.75. The van der Waals surface area contributed by atoms with Crippen LogP contribution < -0.4 is 5.32 Å². The molecule has 0 radical (unpaired) electrons. The Morgan fingerprint density at radius 3 is 2.50 bits per heavy atom. The van der Waals surface area contributed by atoms with Crippen LogP contribution in [0.2, 0.25) is 0 Å². The molecule has 0 amide bonds. The summed E-state index contributed by atoms with van der Waals surface area (Å²) in [6.07, 6.45) is 0.846. The molecule has 1 aliphatic rings. The summed E-state index contributed by atoms with van der Waals surface area (Å²) in [5, 5.41) is 3.42. The Morgan fingerprint density at radius 1 is 1.29 bits per heavy atom. The molecule has 0 aromatic heterocycles. The standard InChI is InChI=1S/C10H21NO3/c1-7(2)11-8-6-14-10(13-4)5-9(8)12-3/h7-11H,5-6H2,1-4H3/t8-,9-,10+/m0/s1. The van der Waals surface area contributed by atoms with Gasteiger partial charge in [0.2, 0.25) is 0 Å². The predicted molar refractivity (Wildman–Crippen MR) is 54.2 cm³/mol. The Kier molecular flexibility index (Phi) is 4.81. The van der Waals surface area contributed by atoms with E-state index in [2.05, 4.69) is 19.2 Å². The van der Waals surface area contributed by atoms with Gasteiger partial charge in [-0.2, -0.15) is 0 Å². The SMILES string of the molecule is CO[C@H]1C[C@H](OC)[C@@H](NC(C)C)CO1. The number of ether oxygens (including phenoxy) is 3. The van der Waals surface area contributed by atoms with Gasteiger partial charge in [0.15, 0.2) is 6.29 Å². The zero-order valence-electron chi connectivity index (χ0n) is 9.45. The highest BCUT2D eigenvalue weighted by molar-refractivity contribution is 4.83. The van der Waals surface area contributed by atoms with E-state index in [0.717, 1.165) is 6.42 Å². The van der Waals surface area contributed by atoms with Crippen LogP contribution in [0.5, 0.6) is 0 Å². The summed E-state index contributed by atoms with van der Waals surface area (Å²) in [4.78, 5) is 0. The molecule has 0 bridgehead atoms. The molecule has 0 unspecified atom stereocenters. The number of rotatable bonds is 4. The van der Waals surface area contributed by atoms with Gasteiger partial charge in [0.05, 0.1) is 18.8 Å². The topological polar surface area (TPSA) is 39.7 Å². The van der Waals surface area contributed by atoms with E-state index in [0.29, 0.717) is 12.6 Å². The van der Waals surface area contributed by atoms with Gasteiger partial charge < -0.3 is 19.5 Å². The molecular weight excluding hydrogens is 182 g/mol. The number of hydrogen-bond acceptors (Lipinski definition) is 4. The van der Waals surface area contributed by atoms with Crippen molar-refractivity contribution < 1.29 is 14.2 Å². The molecular formula is C10H21NO3. The van der Waals surface area contributed by atoms with Crippen LogP contribution >= 0.6 is 0 Å². The molecule has 1 heterocycles. The second-order valence-electron chi connectivity index (χ2n) is 3.94. The van der Waals surface area contributed by atoms with Crippen molar-refractivity contribution in [3.63, 3.8) is 0 Å². The predicted octanol–water partition coefficient (Wildman–Crippen LogP) is 0.761.